The van der Waals surface area contributed by atoms with Crippen LogP contribution in [0, 0.1) is 5.82 Å². The Morgan fingerprint density at radius 3 is 2.40 bits per heavy atom. The van der Waals surface area contributed by atoms with Gasteiger partial charge in [-0.3, -0.25) is 9.59 Å². The van der Waals surface area contributed by atoms with E-state index < -0.39 is 29.2 Å². The Balaban J connectivity index is 2.02. The lowest BCUT2D eigenvalue weighted by Crippen LogP contribution is -2.37. The van der Waals surface area contributed by atoms with Gasteiger partial charge in [-0.1, -0.05) is 41.9 Å². The highest BCUT2D eigenvalue weighted by molar-refractivity contribution is 6.31. The molecule has 4 nitrogen and oxygen atoms in total. The minimum atomic E-state index is -1.01. The first-order valence-electron chi connectivity index (χ1n) is 7.74. The minimum absolute atomic E-state index is 0.104. The van der Waals surface area contributed by atoms with E-state index in [0.717, 1.165) is 11.6 Å². The van der Waals surface area contributed by atoms with E-state index in [-0.39, 0.29) is 5.02 Å². The van der Waals surface area contributed by atoms with Crippen molar-refractivity contribution in [3.63, 3.8) is 0 Å². The number of benzene rings is 2. The van der Waals surface area contributed by atoms with E-state index in [1.165, 1.54) is 19.1 Å². The summed E-state index contributed by atoms with van der Waals surface area (Å²) in [5, 5.41) is 2.44. The van der Waals surface area contributed by atoms with Crippen LogP contribution < -0.4 is 5.32 Å². The highest BCUT2D eigenvalue weighted by atomic mass is 35.5. The number of esters is 1. The molecule has 1 N–H and O–H groups in total. The summed E-state index contributed by atoms with van der Waals surface area (Å²) in [6.07, 6.45) is -1.01. The van der Waals surface area contributed by atoms with Crippen LogP contribution in [0.15, 0.2) is 48.5 Å². The third kappa shape index (κ3) is 4.57. The first-order valence-corrected chi connectivity index (χ1v) is 8.12. The number of anilines is 1. The third-order valence-electron chi connectivity index (χ3n) is 3.85. The molecule has 2 aromatic rings. The molecule has 132 valence electrons. The Hall–Kier alpha value is -2.40. The zero-order valence-corrected chi connectivity index (χ0v) is 14.9. The molecule has 0 saturated carbocycles. The van der Waals surface area contributed by atoms with Gasteiger partial charge in [-0.05, 0) is 44.5 Å². The van der Waals surface area contributed by atoms with E-state index in [1.807, 2.05) is 30.3 Å². The van der Waals surface area contributed by atoms with Crippen molar-refractivity contribution in [1.82, 2.24) is 0 Å². The van der Waals surface area contributed by atoms with Gasteiger partial charge in [0.15, 0.2) is 6.10 Å². The quantitative estimate of drug-likeness (QED) is 0.804. The first-order chi connectivity index (χ1) is 11.7. The fourth-order valence-corrected chi connectivity index (χ4v) is 2.33. The molecule has 6 heteroatoms. The molecular formula is C19H19ClFNO3. The van der Waals surface area contributed by atoms with Gasteiger partial charge in [0.05, 0.1) is 10.4 Å². The predicted octanol–water partition coefficient (Wildman–Crippen LogP) is 4.33. The smallest absolute Gasteiger partial charge is 0.316 e. The number of hydrogen-bond acceptors (Lipinski definition) is 3. The van der Waals surface area contributed by atoms with E-state index in [2.05, 4.69) is 5.32 Å². The molecule has 2 aromatic carbocycles. The standard InChI is InChI=1S/C19H19ClFNO3/c1-12(17(23)22-14-9-10-16(21)15(20)11-14)25-18(24)19(2,3)13-7-5-4-6-8-13/h4-12H,1-3H3,(H,22,23)/t12-/m0/s1. The molecular weight excluding hydrogens is 345 g/mol. The fourth-order valence-electron chi connectivity index (χ4n) is 2.15. The maximum atomic E-state index is 13.1. The molecule has 0 saturated heterocycles. The monoisotopic (exact) mass is 363 g/mol. The number of ether oxygens (including phenoxy) is 1. The van der Waals surface area contributed by atoms with E-state index in [1.54, 1.807) is 13.8 Å². The highest BCUT2D eigenvalue weighted by Crippen LogP contribution is 2.25. The van der Waals surface area contributed by atoms with Crippen LogP contribution in [0.4, 0.5) is 10.1 Å². The summed E-state index contributed by atoms with van der Waals surface area (Å²) in [6.45, 7) is 4.93. The number of carbonyl (C=O) groups is 2. The van der Waals surface area contributed by atoms with Crippen molar-refractivity contribution in [2.24, 2.45) is 0 Å². The number of amides is 1. The van der Waals surface area contributed by atoms with Gasteiger partial charge < -0.3 is 10.1 Å². The zero-order valence-electron chi connectivity index (χ0n) is 14.2. The number of carbonyl (C=O) groups excluding carboxylic acids is 2. The van der Waals surface area contributed by atoms with Gasteiger partial charge in [0.2, 0.25) is 0 Å². The Labute approximate surface area is 150 Å². The van der Waals surface area contributed by atoms with Crippen LogP contribution in [0.5, 0.6) is 0 Å². The van der Waals surface area contributed by atoms with E-state index in [9.17, 15) is 14.0 Å². The molecule has 0 aliphatic rings. The molecule has 0 radical (unpaired) electrons. The van der Waals surface area contributed by atoms with Gasteiger partial charge in [-0.15, -0.1) is 0 Å². The van der Waals surface area contributed by atoms with Crippen molar-refractivity contribution < 1.29 is 18.7 Å². The molecule has 0 heterocycles. The minimum Gasteiger partial charge on any atom is -0.452 e. The summed E-state index contributed by atoms with van der Waals surface area (Å²) in [7, 11) is 0. The van der Waals surface area contributed by atoms with Crippen LogP contribution in [0.1, 0.15) is 26.3 Å². The second kappa shape index (κ2) is 7.66. The summed E-state index contributed by atoms with van der Waals surface area (Å²) in [4.78, 5) is 24.6. The lowest BCUT2D eigenvalue weighted by Gasteiger charge is -2.25. The zero-order chi connectivity index (χ0) is 18.6. The average Bonchev–Trinajstić information content (AvgIpc) is 2.58. The van der Waals surface area contributed by atoms with Crippen molar-refractivity contribution in [2.45, 2.75) is 32.3 Å². The van der Waals surface area contributed by atoms with Crippen molar-refractivity contribution >= 4 is 29.2 Å². The number of halogens is 2. The van der Waals surface area contributed by atoms with Gasteiger partial charge in [-0.2, -0.15) is 0 Å². The second-order valence-electron chi connectivity index (χ2n) is 6.16. The fraction of sp³-hybridized carbons (Fsp3) is 0.263. The third-order valence-corrected chi connectivity index (χ3v) is 4.14. The Kier molecular flexibility index (Phi) is 5.80. The molecule has 0 bridgehead atoms. The summed E-state index contributed by atoms with van der Waals surface area (Å²) < 4.78 is 18.4. The average molecular weight is 364 g/mol. The predicted molar refractivity (Wildman–Crippen MR) is 95.1 cm³/mol. The van der Waals surface area contributed by atoms with Gasteiger partial charge in [0.1, 0.15) is 5.82 Å². The van der Waals surface area contributed by atoms with Crippen molar-refractivity contribution in [2.75, 3.05) is 5.32 Å². The van der Waals surface area contributed by atoms with Crippen LogP contribution >= 0.6 is 11.6 Å². The van der Waals surface area contributed by atoms with Crippen LogP contribution in [-0.4, -0.2) is 18.0 Å². The molecule has 2 rings (SSSR count). The van der Waals surface area contributed by atoms with Gasteiger partial charge in [-0.25, -0.2) is 4.39 Å². The molecule has 0 aromatic heterocycles. The van der Waals surface area contributed by atoms with Gasteiger partial charge in [0.25, 0.3) is 5.91 Å². The maximum absolute atomic E-state index is 13.1. The summed E-state index contributed by atoms with van der Waals surface area (Å²) in [5.74, 6) is -1.62. The number of rotatable bonds is 5. The largest absolute Gasteiger partial charge is 0.452 e. The molecule has 0 fully saturated rings. The van der Waals surface area contributed by atoms with E-state index in [4.69, 9.17) is 16.3 Å². The second-order valence-corrected chi connectivity index (χ2v) is 6.56. The van der Waals surface area contributed by atoms with Crippen LogP contribution in [0.2, 0.25) is 5.02 Å². The summed E-state index contributed by atoms with van der Waals surface area (Å²) >= 11 is 5.68. The normalized spacial score (nSPS) is 12.4. The SMILES string of the molecule is C[C@H](OC(=O)C(C)(C)c1ccccc1)C(=O)Nc1ccc(F)c(Cl)c1. The lowest BCUT2D eigenvalue weighted by molar-refractivity contribution is -0.158. The van der Waals surface area contributed by atoms with Crippen molar-refractivity contribution in [3.8, 4) is 0 Å². The highest BCUT2D eigenvalue weighted by Gasteiger charge is 2.33. The Bertz CT molecular complexity index is 777. The topological polar surface area (TPSA) is 55.4 Å². The number of hydrogen-bond donors (Lipinski definition) is 1. The molecule has 0 aliphatic carbocycles. The summed E-state index contributed by atoms with van der Waals surface area (Å²) in [6, 6.07) is 13.0. The maximum Gasteiger partial charge on any atom is 0.316 e. The molecule has 1 amide bonds. The molecule has 25 heavy (non-hydrogen) atoms. The van der Waals surface area contributed by atoms with Crippen LogP contribution in [-0.2, 0) is 19.7 Å². The summed E-state index contributed by atoms with van der Waals surface area (Å²) in [5.41, 5.74) is 0.217. The van der Waals surface area contributed by atoms with Gasteiger partial charge in [0, 0.05) is 5.69 Å². The molecule has 0 unspecified atom stereocenters. The Morgan fingerprint density at radius 2 is 1.80 bits per heavy atom. The molecule has 0 aliphatic heterocycles. The Morgan fingerprint density at radius 1 is 1.16 bits per heavy atom. The van der Waals surface area contributed by atoms with Gasteiger partial charge >= 0.3 is 5.97 Å². The van der Waals surface area contributed by atoms with Crippen molar-refractivity contribution in [3.05, 3.63) is 64.9 Å². The van der Waals surface area contributed by atoms with Crippen molar-refractivity contribution in [1.29, 1.82) is 0 Å². The molecule has 1 atom stereocenters. The van der Waals surface area contributed by atoms with E-state index in [0.29, 0.717) is 5.69 Å². The number of nitrogens with one attached hydrogen (secondary N) is 1. The lowest BCUT2D eigenvalue weighted by atomic mass is 9.85. The first kappa shape index (κ1) is 18.9. The molecule has 0 spiro atoms. The van der Waals surface area contributed by atoms with Crippen LogP contribution in [0.25, 0.3) is 0 Å². The van der Waals surface area contributed by atoms with Crippen LogP contribution in [0.3, 0.4) is 0 Å². The van der Waals surface area contributed by atoms with E-state index >= 15 is 0 Å².